The first kappa shape index (κ1) is 20.5. The Balaban J connectivity index is 2.06. The highest BCUT2D eigenvalue weighted by Gasteiger charge is 2.17. The smallest absolute Gasteiger partial charge is 0.335 e. The van der Waals surface area contributed by atoms with Crippen LogP contribution in [0.25, 0.3) is 16.8 Å². The Kier molecular flexibility index (Phi) is 5.64. The minimum Gasteiger partial charge on any atom is -0.478 e. The average Bonchev–Trinajstić information content (AvgIpc) is 2.72. The van der Waals surface area contributed by atoms with Crippen molar-refractivity contribution < 1.29 is 9.90 Å². The van der Waals surface area contributed by atoms with Crippen molar-refractivity contribution in [1.29, 1.82) is 0 Å². The first-order chi connectivity index (χ1) is 13.7. The van der Waals surface area contributed by atoms with Gasteiger partial charge in [0.25, 0.3) is 0 Å². The summed E-state index contributed by atoms with van der Waals surface area (Å²) in [5.74, 6) is -0.941. The monoisotopic (exact) mass is 388 g/mol. The van der Waals surface area contributed by atoms with Gasteiger partial charge in [-0.05, 0) is 54.2 Å². The summed E-state index contributed by atoms with van der Waals surface area (Å²) >= 11 is 0. The molecule has 0 fully saturated rings. The molecule has 0 unspecified atom stereocenters. The van der Waals surface area contributed by atoms with Crippen molar-refractivity contribution in [3.63, 3.8) is 0 Å². The van der Waals surface area contributed by atoms with Gasteiger partial charge in [0, 0.05) is 11.8 Å². The maximum absolute atomic E-state index is 11.7. The Hall–Kier alpha value is -3.27. The lowest BCUT2D eigenvalue weighted by Crippen LogP contribution is -2.26. The molecule has 29 heavy (non-hydrogen) atoms. The second kappa shape index (κ2) is 8.00. The first-order valence-corrected chi connectivity index (χ1v) is 9.79. The highest BCUT2D eigenvalue weighted by molar-refractivity contribution is 5.91. The van der Waals surface area contributed by atoms with Crippen LogP contribution in [0, 0.1) is 0 Å². The molecular weight excluding hydrogens is 360 g/mol. The molecule has 0 atom stereocenters. The molecule has 150 valence electrons. The van der Waals surface area contributed by atoms with E-state index in [9.17, 15) is 9.90 Å². The van der Waals surface area contributed by atoms with E-state index in [-0.39, 0.29) is 11.0 Å². The standard InChI is InChI=1S/C25H28N2O2/c1-6-21-22(7-2)27-23(15-26-21)18-12-17(13-19(14-18)24(28)29)16-8-10-20(11-9-16)25(3,4)5/h6-15,26-27H,1-5H3,(H,28,29). The lowest BCUT2D eigenvalue weighted by molar-refractivity contribution is 0.0697. The molecule has 0 radical (unpaired) electrons. The summed E-state index contributed by atoms with van der Waals surface area (Å²) in [4.78, 5) is 11.7. The lowest BCUT2D eigenvalue weighted by Gasteiger charge is -2.23. The number of carboxylic acids is 1. The van der Waals surface area contributed by atoms with E-state index in [0.29, 0.717) is 0 Å². The predicted molar refractivity (Wildman–Crippen MR) is 119 cm³/mol. The zero-order chi connectivity index (χ0) is 21.2. The minimum atomic E-state index is -0.941. The zero-order valence-electron chi connectivity index (χ0n) is 17.6. The SMILES string of the molecule is CC=C1NC=C(c2cc(C(=O)O)cc(-c3ccc(C(C)(C)C)cc3)c2)NC1=CC. The van der Waals surface area contributed by atoms with E-state index in [0.717, 1.165) is 33.8 Å². The van der Waals surface area contributed by atoms with Crippen LogP contribution in [0.15, 0.2) is 72.2 Å². The van der Waals surface area contributed by atoms with Gasteiger partial charge in [0.15, 0.2) is 0 Å². The minimum absolute atomic E-state index is 0.0719. The predicted octanol–water partition coefficient (Wildman–Crippen LogP) is 5.65. The summed E-state index contributed by atoms with van der Waals surface area (Å²) < 4.78 is 0. The van der Waals surface area contributed by atoms with Gasteiger partial charge in [-0.15, -0.1) is 0 Å². The Labute approximate surface area is 172 Å². The van der Waals surface area contributed by atoms with Gasteiger partial charge in [-0.2, -0.15) is 0 Å². The summed E-state index contributed by atoms with van der Waals surface area (Å²) in [5.41, 5.74) is 7.05. The quantitative estimate of drug-likeness (QED) is 0.636. The van der Waals surface area contributed by atoms with Gasteiger partial charge in [0.2, 0.25) is 0 Å². The Morgan fingerprint density at radius 3 is 2.07 bits per heavy atom. The first-order valence-electron chi connectivity index (χ1n) is 9.79. The van der Waals surface area contributed by atoms with E-state index >= 15 is 0 Å². The van der Waals surface area contributed by atoms with E-state index in [4.69, 9.17) is 0 Å². The molecule has 1 heterocycles. The van der Waals surface area contributed by atoms with Crippen molar-refractivity contribution in [3.8, 4) is 11.1 Å². The molecule has 0 amide bonds. The number of nitrogens with one attached hydrogen (secondary N) is 2. The van der Waals surface area contributed by atoms with E-state index in [1.165, 1.54) is 5.56 Å². The molecule has 2 aromatic carbocycles. The molecule has 3 N–H and O–H groups in total. The number of aromatic carboxylic acids is 1. The molecule has 1 aliphatic rings. The molecule has 0 spiro atoms. The number of rotatable bonds is 3. The summed E-state index contributed by atoms with van der Waals surface area (Å²) in [7, 11) is 0. The Morgan fingerprint density at radius 2 is 1.52 bits per heavy atom. The number of carbonyl (C=O) groups is 1. The molecule has 3 rings (SSSR count). The molecule has 4 heteroatoms. The summed E-state index contributed by atoms with van der Waals surface area (Å²) in [5, 5.41) is 16.3. The maximum Gasteiger partial charge on any atom is 0.335 e. The van der Waals surface area contributed by atoms with E-state index in [1.54, 1.807) is 12.1 Å². The highest BCUT2D eigenvalue weighted by Crippen LogP contribution is 2.30. The topological polar surface area (TPSA) is 61.4 Å². The third-order valence-electron chi connectivity index (χ3n) is 5.08. The molecule has 0 bridgehead atoms. The number of benzene rings is 2. The molecular formula is C25H28N2O2. The molecule has 0 aromatic heterocycles. The third-order valence-corrected chi connectivity index (χ3v) is 5.08. The van der Waals surface area contributed by atoms with Gasteiger partial charge in [-0.25, -0.2) is 4.79 Å². The molecule has 0 aliphatic carbocycles. The van der Waals surface area contributed by atoms with Gasteiger partial charge in [0.05, 0.1) is 22.7 Å². The van der Waals surface area contributed by atoms with E-state index in [1.807, 2.05) is 38.3 Å². The van der Waals surface area contributed by atoms with Crippen molar-refractivity contribution in [2.45, 2.75) is 40.0 Å². The molecule has 0 saturated heterocycles. The van der Waals surface area contributed by atoms with Crippen LogP contribution in [0.3, 0.4) is 0 Å². The maximum atomic E-state index is 11.7. The van der Waals surface area contributed by atoms with Crippen LogP contribution >= 0.6 is 0 Å². The normalized spacial score (nSPS) is 16.9. The highest BCUT2D eigenvalue weighted by atomic mass is 16.4. The molecule has 1 aliphatic heterocycles. The van der Waals surface area contributed by atoms with Gasteiger partial charge in [0.1, 0.15) is 0 Å². The van der Waals surface area contributed by atoms with Crippen molar-refractivity contribution in [2.24, 2.45) is 0 Å². The summed E-state index contributed by atoms with van der Waals surface area (Å²) in [6, 6.07) is 13.8. The fraction of sp³-hybridized carbons (Fsp3) is 0.240. The van der Waals surface area contributed by atoms with Crippen molar-refractivity contribution in [2.75, 3.05) is 0 Å². The van der Waals surface area contributed by atoms with E-state index < -0.39 is 5.97 Å². The van der Waals surface area contributed by atoms with E-state index in [2.05, 4.69) is 55.7 Å². The van der Waals surface area contributed by atoms with Gasteiger partial charge < -0.3 is 15.7 Å². The van der Waals surface area contributed by atoms with Crippen LogP contribution in [0.4, 0.5) is 0 Å². The number of carboxylic acid groups (broad SMARTS) is 1. The molecule has 4 nitrogen and oxygen atoms in total. The van der Waals surface area contributed by atoms with Gasteiger partial charge in [-0.3, -0.25) is 0 Å². The fourth-order valence-electron chi connectivity index (χ4n) is 3.33. The van der Waals surface area contributed by atoms with Crippen LogP contribution in [-0.2, 0) is 5.41 Å². The Bertz CT molecular complexity index is 1020. The van der Waals surface area contributed by atoms with Crippen LogP contribution in [0.5, 0.6) is 0 Å². The largest absolute Gasteiger partial charge is 0.478 e. The van der Waals surface area contributed by atoms with Crippen LogP contribution < -0.4 is 10.6 Å². The third kappa shape index (κ3) is 4.43. The van der Waals surface area contributed by atoms with Gasteiger partial charge >= 0.3 is 5.97 Å². The van der Waals surface area contributed by atoms with Gasteiger partial charge in [-0.1, -0.05) is 57.2 Å². The number of allylic oxidation sites excluding steroid dienone is 2. The summed E-state index contributed by atoms with van der Waals surface area (Å²) in [6.45, 7) is 10.5. The number of hydrogen-bond acceptors (Lipinski definition) is 3. The molecule has 2 aromatic rings. The second-order valence-corrected chi connectivity index (χ2v) is 8.16. The second-order valence-electron chi connectivity index (χ2n) is 8.16. The van der Waals surface area contributed by atoms with Crippen molar-refractivity contribution in [1.82, 2.24) is 10.6 Å². The fourth-order valence-corrected chi connectivity index (χ4v) is 3.33. The van der Waals surface area contributed by atoms with Crippen LogP contribution in [-0.4, -0.2) is 11.1 Å². The Morgan fingerprint density at radius 1 is 0.897 bits per heavy atom. The van der Waals surface area contributed by atoms with Crippen LogP contribution in [0.1, 0.15) is 56.1 Å². The molecule has 0 saturated carbocycles. The van der Waals surface area contributed by atoms with Crippen molar-refractivity contribution >= 4 is 11.7 Å². The van der Waals surface area contributed by atoms with Crippen molar-refractivity contribution in [3.05, 3.63) is 88.9 Å². The zero-order valence-corrected chi connectivity index (χ0v) is 17.6. The van der Waals surface area contributed by atoms with Crippen LogP contribution in [0.2, 0.25) is 0 Å². The lowest BCUT2D eigenvalue weighted by atomic mass is 9.86. The average molecular weight is 389 g/mol. The number of hydrogen-bond donors (Lipinski definition) is 3. The summed E-state index contributed by atoms with van der Waals surface area (Å²) in [6.07, 6.45) is 5.85.